The van der Waals surface area contributed by atoms with Crippen LogP contribution >= 0.6 is 0 Å². The van der Waals surface area contributed by atoms with Gasteiger partial charge >= 0.3 is 0 Å². The fourth-order valence-electron chi connectivity index (χ4n) is 2.08. The molecule has 1 heterocycles. The summed E-state index contributed by atoms with van der Waals surface area (Å²) in [5.41, 5.74) is 3.51. The zero-order valence-electron chi connectivity index (χ0n) is 9.78. The van der Waals surface area contributed by atoms with Gasteiger partial charge in [-0.1, -0.05) is 17.7 Å². The molecule has 0 saturated carbocycles. The first-order valence-electron chi connectivity index (χ1n) is 5.59. The lowest BCUT2D eigenvalue weighted by molar-refractivity contribution is 0.659. The molecule has 0 aliphatic carbocycles. The lowest BCUT2D eigenvalue weighted by Crippen LogP contribution is -2.02. The summed E-state index contributed by atoms with van der Waals surface area (Å²) in [6.45, 7) is 3.96. The van der Waals surface area contributed by atoms with E-state index in [1.54, 1.807) is 0 Å². The molecular weight excluding hydrogens is 212 g/mol. The number of hydrogen-bond acceptors (Lipinski definition) is 2. The molecule has 0 aliphatic heterocycles. The van der Waals surface area contributed by atoms with Crippen molar-refractivity contribution in [1.82, 2.24) is 0 Å². The van der Waals surface area contributed by atoms with Crippen molar-refractivity contribution >= 4 is 21.9 Å². The minimum Gasteiger partial charge on any atom is -0.456 e. The number of rotatable bonds is 0. The molecule has 0 radical (unpaired) electrons. The van der Waals surface area contributed by atoms with E-state index in [0.29, 0.717) is 21.9 Å². The number of hydrogen-bond donors (Lipinski definition) is 0. The van der Waals surface area contributed by atoms with E-state index < -0.39 is 0 Å². The molecule has 0 unspecified atom stereocenters. The Morgan fingerprint density at radius 3 is 2.35 bits per heavy atom. The van der Waals surface area contributed by atoms with Crippen LogP contribution in [-0.2, 0) is 0 Å². The Balaban J connectivity index is 2.57. The highest BCUT2D eigenvalue weighted by Gasteiger charge is 2.07. The molecule has 0 fully saturated rings. The molecule has 1 aromatic heterocycles. The second-order valence-electron chi connectivity index (χ2n) is 4.43. The molecule has 0 N–H and O–H groups in total. The maximum absolute atomic E-state index is 12.3. The first-order valence-corrected chi connectivity index (χ1v) is 5.59. The average molecular weight is 224 g/mol. The number of aryl methyl sites for hydroxylation is 2. The largest absolute Gasteiger partial charge is 0.456 e. The molecule has 17 heavy (non-hydrogen) atoms. The van der Waals surface area contributed by atoms with Crippen molar-refractivity contribution in [2.45, 2.75) is 13.8 Å². The van der Waals surface area contributed by atoms with Crippen molar-refractivity contribution in [1.29, 1.82) is 0 Å². The van der Waals surface area contributed by atoms with Crippen molar-refractivity contribution < 1.29 is 4.42 Å². The maximum atomic E-state index is 12.3. The van der Waals surface area contributed by atoms with Crippen LogP contribution in [0.25, 0.3) is 21.9 Å². The van der Waals surface area contributed by atoms with Gasteiger partial charge in [0, 0.05) is 0 Å². The van der Waals surface area contributed by atoms with E-state index in [0.717, 1.165) is 11.1 Å². The quantitative estimate of drug-likeness (QED) is 0.546. The smallest absolute Gasteiger partial charge is 0.200 e. The molecule has 3 aromatic rings. The lowest BCUT2D eigenvalue weighted by atomic mass is 10.1. The highest BCUT2D eigenvalue weighted by Crippen LogP contribution is 2.20. The molecule has 84 valence electrons. The standard InChI is InChI=1S/C15H12O2/c1-9-4-6-13-12(7-9)15(16)11-5-3-10(2)8-14(11)17-13/h3-8H,1-2H3. The summed E-state index contributed by atoms with van der Waals surface area (Å²) in [6.07, 6.45) is 0. The predicted molar refractivity (Wildman–Crippen MR) is 69.5 cm³/mol. The topological polar surface area (TPSA) is 30.2 Å². The van der Waals surface area contributed by atoms with Gasteiger partial charge in [0.2, 0.25) is 5.43 Å². The summed E-state index contributed by atoms with van der Waals surface area (Å²) in [5, 5.41) is 1.30. The molecule has 0 aliphatic rings. The van der Waals surface area contributed by atoms with Gasteiger partial charge in [-0.25, -0.2) is 0 Å². The van der Waals surface area contributed by atoms with E-state index in [9.17, 15) is 4.79 Å². The third kappa shape index (κ3) is 1.53. The van der Waals surface area contributed by atoms with Crippen molar-refractivity contribution in [3.05, 3.63) is 57.7 Å². The van der Waals surface area contributed by atoms with Crippen LogP contribution in [0.2, 0.25) is 0 Å². The Morgan fingerprint density at radius 2 is 1.53 bits per heavy atom. The lowest BCUT2D eigenvalue weighted by Gasteiger charge is -2.02. The van der Waals surface area contributed by atoms with Gasteiger partial charge in [-0.05, 0) is 43.7 Å². The second-order valence-corrected chi connectivity index (χ2v) is 4.43. The Bertz CT molecular complexity index is 782. The van der Waals surface area contributed by atoms with E-state index in [1.807, 2.05) is 50.2 Å². The Kier molecular flexibility index (Phi) is 2.05. The molecule has 0 bridgehead atoms. The molecule has 0 saturated heterocycles. The highest BCUT2D eigenvalue weighted by atomic mass is 16.3. The van der Waals surface area contributed by atoms with Crippen LogP contribution in [0.4, 0.5) is 0 Å². The van der Waals surface area contributed by atoms with Gasteiger partial charge in [0.1, 0.15) is 11.2 Å². The minimum absolute atomic E-state index is 0.0463. The Hall–Kier alpha value is -2.09. The zero-order valence-corrected chi connectivity index (χ0v) is 9.78. The number of benzene rings is 2. The van der Waals surface area contributed by atoms with Gasteiger partial charge in [0.25, 0.3) is 0 Å². The van der Waals surface area contributed by atoms with Gasteiger partial charge in [0.05, 0.1) is 10.8 Å². The van der Waals surface area contributed by atoms with Crippen LogP contribution in [0, 0.1) is 13.8 Å². The van der Waals surface area contributed by atoms with Crippen LogP contribution in [0.1, 0.15) is 11.1 Å². The molecule has 2 heteroatoms. The van der Waals surface area contributed by atoms with Gasteiger partial charge in [-0.2, -0.15) is 0 Å². The monoisotopic (exact) mass is 224 g/mol. The highest BCUT2D eigenvalue weighted by molar-refractivity contribution is 5.90. The molecule has 2 aromatic carbocycles. The molecule has 2 nitrogen and oxygen atoms in total. The van der Waals surface area contributed by atoms with Gasteiger partial charge < -0.3 is 4.42 Å². The first kappa shape index (κ1) is 10.1. The van der Waals surface area contributed by atoms with E-state index in [4.69, 9.17) is 4.42 Å². The maximum Gasteiger partial charge on any atom is 0.200 e. The van der Waals surface area contributed by atoms with Crippen molar-refractivity contribution in [3.8, 4) is 0 Å². The van der Waals surface area contributed by atoms with Crippen LogP contribution in [-0.4, -0.2) is 0 Å². The van der Waals surface area contributed by atoms with E-state index >= 15 is 0 Å². The van der Waals surface area contributed by atoms with Crippen molar-refractivity contribution in [2.24, 2.45) is 0 Å². The van der Waals surface area contributed by atoms with Crippen LogP contribution in [0.15, 0.2) is 45.6 Å². The Labute approximate surface area is 98.5 Å². The minimum atomic E-state index is 0.0463. The summed E-state index contributed by atoms with van der Waals surface area (Å²) in [7, 11) is 0. The fraction of sp³-hybridized carbons (Fsp3) is 0.133. The normalized spacial score (nSPS) is 11.2. The number of fused-ring (bicyclic) bond motifs is 2. The average Bonchev–Trinajstić information content (AvgIpc) is 2.30. The Morgan fingerprint density at radius 1 is 0.824 bits per heavy atom. The van der Waals surface area contributed by atoms with Crippen molar-refractivity contribution in [2.75, 3.05) is 0 Å². The van der Waals surface area contributed by atoms with E-state index in [-0.39, 0.29) is 5.43 Å². The van der Waals surface area contributed by atoms with Crippen molar-refractivity contribution in [3.63, 3.8) is 0 Å². The van der Waals surface area contributed by atoms with Gasteiger partial charge in [-0.15, -0.1) is 0 Å². The SMILES string of the molecule is Cc1ccc2c(=O)c3cc(C)ccc3oc2c1. The van der Waals surface area contributed by atoms with E-state index in [2.05, 4.69) is 0 Å². The van der Waals surface area contributed by atoms with Gasteiger partial charge in [-0.3, -0.25) is 4.79 Å². The molecule has 0 amide bonds. The third-order valence-electron chi connectivity index (χ3n) is 2.98. The first-order chi connectivity index (χ1) is 8.15. The van der Waals surface area contributed by atoms with Gasteiger partial charge in [0.15, 0.2) is 0 Å². The van der Waals surface area contributed by atoms with E-state index in [1.165, 1.54) is 0 Å². The van der Waals surface area contributed by atoms with Crippen LogP contribution < -0.4 is 5.43 Å². The summed E-state index contributed by atoms with van der Waals surface area (Å²) in [5.74, 6) is 0. The summed E-state index contributed by atoms with van der Waals surface area (Å²) in [4.78, 5) is 12.3. The second kappa shape index (κ2) is 3.45. The summed E-state index contributed by atoms with van der Waals surface area (Å²) < 4.78 is 5.76. The summed E-state index contributed by atoms with van der Waals surface area (Å²) >= 11 is 0. The molecule has 0 spiro atoms. The molecule has 0 atom stereocenters. The molecular formula is C15H12O2. The summed E-state index contributed by atoms with van der Waals surface area (Å²) in [6, 6.07) is 11.3. The third-order valence-corrected chi connectivity index (χ3v) is 2.98. The zero-order chi connectivity index (χ0) is 12.0. The van der Waals surface area contributed by atoms with Crippen LogP contribution in [0.3, 0.4) is 0 Å². The van der Waals surface area contributed by atoms with Crippen LogP contribution in [0.5, 0.6) is 0 Å². The predicted octanol–water partition coefficient (Wildman–Crippen LogP) is 3.56. The fourth-order valence-corrected chi connectivity index (χ4v) is 2.08. The molecule has 3 rings (SSSR count).